The summed E-state index contributed by atoms with van der Waals surface area (Å²) in [4.78, 5) is 47.9. The number of ketones is 2. The van der Waals surface area contributed by atoms with Crippen molar-refractivity contribution in [3.63, 3.8) is 0 Å². The van der Waals surface area contributed by atoms with Gasteiger partial charge in [0.2, 0.25) is 0 Å². The Bertz CT molecular complexity index is 2020. The smallest absolute Gasteiger partial charge is 0.335 e. The zero-order valence-electron chi connectivity index (χ0n) is 31.4. The van der Waals surface area contributed by atoms with Crippen molar-refractivity contribution in [2.45, 2.75) is 110 Å². The van der Waals surface area contributed by atoms with Crippen LogP contribution in [0.25, 0.3) is 0 Å². The fourth-order valence-electron chi connectivity index (χ4n) is 7.55. The first-order valence-corrected chi connectivity index (χ1v) is 17.7. The number of hydrogen-bond acceptors (Lipinski definition) is 4. The van der Waals surface area contributed by atoms with Gasteiger partial charge in [-0.3, -0.25) is 9.59 Å². The molecule has 0 radical (unpaired) electrons. The summed E-state index contributed by atoms with van der Waals surface area (Å²) in [5, 5.41) is 18.0. The van der Waals surface area contributed by atoms with Gasteiger partial charge in [0.05, 0.1) is 11.1 Å². The molecule has 2 aliphatic carbocycles. The molecule has 0 heterocycles. The molecule has 6 heteroatoms. The SMILES string of the molecule is CC1(C)CCC(C)(C)c2cc(C(=O)c3ccc(C(=O)O)cc3)ccc21.Cc1cc2c(cc1C(=O)c1ccc(C(=O)O)cc1)C(C)(C)CCC2(C)C. The summed E-state index contributed by atoms with van der Waals surface area (Å²) in [6.45, 7) is 20.0. The largest absolute Gasteiger partial charge is 0.478 e. The van der Waals surface area contributed by atoms with E-state index in [1.165, 1.54) is 46.5 Å². The predicted molar refractivity (Wildman–Crippen MR) is 202 cm³/mol. The maximum Gasteiger partial charge on any atom is 0.335 e. The Labute approximate surface area is 301 Å². The Morgan fingerprint density at radius 2 is 0.765 bits per heavy atom. The molecule has 0 amide bonds. The topological polar surface area (TPSA) is 109 Å². The van der Waals surface area contributed by atoms with Crippen molar-refractivity contribution in [3.8, 4) is 0 Å². The number of carboxylic acids is 2. The van der Waals surface area contributed by atoms with Crippen LogP contribution in [0.4, 0.5) is 0 Å². The molecule has 4 aromatic rings. The maximum absolute atomic E-state index is 13.1. The lowest BCUT2D eigenvalue weighted by molar-refractivity contribution is 0.0686. The second kappa shape index (κ2) is 13.4. The van der Waals surface area contributed by atoms with E-state index in [4.69, 9.17) is 10.2 Å². The van der Waals surface area contributed by atoms with E-state index in [-0.39, 0.29) is 44.4 Å². The summed E-state index contributed by atoms with van der Waals surface area (Å²) < 4.78 is 0. The number of fused-ring (bicyclic) bond motifs is 2. The lowest BCUT2D eigenvalue weighted by Gasteiger charge is -2.42. The Morgan fingerprint density at radius 1 is 0.431 bits per heavy atom. The molecular formula is C45H50O6. The first-order valence-electron chi connectivity index (χ1n) is 17.7. The van der Waals surface area contributed by atoms with Gasteiger partial charge in [-0.15, -0.1) is 0 Å². The second-order valence-corrected chi connectivity index (χ2v) is 16.9. The van der Waals surface area contributed by atoms with E-state index >= 15 is 0 Å². The fourth-order valence-corrected chi connectivity index (χ4v) is 7.55. The highest BCUT2D eigenvalue weighted by Crippen LogP contribution is 2.47. The van der Waals surface area contributed by atoms with Crippen LogP contribution in [0.2, 0.25) is 0 Å². The molecule has 0 bridgehead atoms. The number of benzene rings is 4. The summed E-state index contributed by atoms with van der Waals surface area (Å²) in [5.41, 5.74) is 9.23. The molecule has 0 aromatic heterocycles. The lowest BCUT2D eigenvalue weighted by Crippen LogP contribution is -2.34. The van der Waals surface area contributed by atoms with E-state index in [1.807, 2.05) is 19.1 Å². The summed E-state index contributed by atoms with van der Waals surface area (Å²) in [5.74, 6) is -2.10. The molecule has 0 spiro atoms. The summed E-state index contributed by atoms with van der Waals surface area (Å²) in [7, 11) is 0. The van der Waals surface area contributed by atoms with Crippen LogP contribution in [0.5, 0.6) is 0 Å². The van der Waals surface area contributed by atoms with Gasteiger partial charge in [0.15, 0.2) is 11.6 Å². The summed E-state index contributed by atoms with van der Waals surface area (Å²) in [6, 6.07) is 22.5. The van der Waals surface area contributed by atoms with E-state index in [9.17, 15) is 19.2 Å². The molecule has 0 saturated carbocycles. The summed E-state index contributed by atoms with van der Waals surface area (Å²) >= 11 is 0. The molecule has 0 atom stereocenters. The van der Waals surface area contributed by atoms with Gasteiger partial charge in [-0.1, -0.05) is 97.9 Å². The van der Waals surface area contributed by atoms with Gasteiger partial charge >= 0.3 is 11.9 Å². The van der Waals surface area contributed by atoms with Crippen molar-refractivity contribution in [1.82, 2.24) is 0 Å². The third kappa shape index (κ3) is 7.46. The van der Waals surface area contributed by atoms with Crippen molar-refractivity contribution in [1.29, 1.82) is 0 Å². The molecule has 6 nitrogen and oxygen atoms in total. The predicted octanol–water partition coefficient (Wildman–Crippen LogP) is 10.2. The molecule has 0 saturated heterocycles. The minimum absolute atomic E-state index is 0.0424. The van der Waals surface area contributed by atoms with Crippen LogP contribution in [0, 0.1) is 6.92 Å². The number of carboxylic acid groups (broad SMARTS) is 2. The third-order valence-electron chi connectivity index (χ3n) is 11.3. The Balaban J connectivity index is 0.000000198. The Morgan fingerprint density at radius 3 is 1.20 bits per heavy atom. The van der Waals surface area contributed by atoms with Crippen LogP contribution in [0.1, 0.15) is 161 Å². The fraction of sp³-hybridized carbons (Fsp3) is 0.378. The molecule has 0 unspecified atom stereocenters. The molecule has 0 fully saturated rings. The van der Waals surface area contributed by atoms with Gasteiger partial charge < -0.3 is 10.2 Å². The van der Waals surface area contributed by atoms with E-state index in [2.05, 4.69) is 73.6 Å². The normalized spacial score (nSPS) is 17.5. The maximum atomic E-state index is 13.1. The van der Waals surface area contributed by atoms with Gasteiger partial charge in [-0.2, -0.15) is 0 Å². The van der Waals surface area contributed by atoms with Crippen LogP contribution in [0.15, 0.2) is 78.9 Å². The molecule has 2 N–H and O–H groups in total. The minimum Gasteiger partial charge on any atom is -0.478 e. The van der Waals surface area contributed by atoms with Crippen LogP contribution in [-0.2, 0) is 21.7 Å². The highest BCUT2D eigenvalue weighted by Gasteiger charge is 2.39. The zero-order valence-corrected chi connectivity index (χ0v) is 31.4. The van der Waals surface area contributed by atoms with Gasteiger partial charge in [-0.25, -0.2) is 9.59 Å². The summed E-state index contributed by atoms with van der Waals surface area (Å²) in [6.07, 6.45) is 4.46. The average molecular weight is 687 g/mol. The number of aryl methyl sites for hydroxylation is 1. The quantitative estimate of drug-likeness (QED) is 0.195. The molecule has 51 heavy (non-hydrogen) atoms. The Kier molecular flexibility index (Phi) is 9.81. The van der Waals surface area contributed by atoms with Crippen LogP contribution in [0.3, 0.4) is 0 Å². The molecular weight excluding hydrogens is 636 g/mol. The average Bonchev–Trinajstić information content (AvgIpc) is 3.08. The first-order chi connectivity index (χ1) is 23.6. The highest BCUT2D eigenvalue weighted by atomic mass is 16.4. The van der Waals surface area contributed by atoms with Gasteiger partial charge in [0.25, 0.3) is 0 Å². The zero-order chi connectivity index (χ0) is 37.7. The highest BCUT2D eigenvalue weighted by molar-refractivity contribution is 6.11. The van der Waals surface area contributed by atoms with Crippen molar-refractivity contribution < 1.29 is 29.4 Å². The molecule has 6 rings (SSSR count). The molecule has 2 aliphatic rings. The molecule has 266 valence electrons. The van der Waals surface area contributed by atoms with Crippen molar-refractivity contribution in [3.05, 3.63) is 140 Å². The van der Waals surface area contributed by atoms with Crippen LogP contribution in [-0.4, -0.2) is 33.7 Å². The van der Waals surface area contributed by atoms with Crippen molar-refractivity contribution in [2.75, 3.05) is 0 Å². The van der Waals surface area contributed by atoms with E-state index < -0.39 is 11.9 Å². The number of hydrogen-bond donors (Lipinski definition) is 2. The first kappa shape index (κ1) is 37.4. The number of rotatable bonds is 6. The standard InChI is InChI=1S/C23H26O3.C22H24O3/c1-14-12-18-19(23(4,5)11-10-22(18,2)3)13-17(14)20(24)15-6-8-16(9-7-15)21(25)26;1-21(2)11-12-22(3,4)18-13-16(9-10-17(18)21)19(23)14-5-7-15(8-6-14)20(24)25/h6-9,12-13H,10-11H2,1-5H3,(H,25,26);5-10,13H,11-12H2,1-4H3,(H,24,25). The number of carbonyl (C=O) groups is 4. The monoisotopic (exact) mass is 686 g/mol. The lowest BCUT2D eigenvalue weighted by atomic mass is 9.62. The van der Waals surface area contributed by atoms with Gasteiger partial charge in [0, 0.05) is 22.3 Å². The van der Waals surface area contributed by atoms with Crippen molar-refractivity contribution in [2.24, 2.45) is 0 Å². The van der Waals surface area contributed by atoms with E-state index in [0.29, 0.717) is 22.3 Å². The molecule has 4 aromatic carbocycles. The van der Waals surface area contributed by atoms with Crippen LogP contribution < -0.4 is 0 Å². The Hall–Kier alpha value is -4.84. The van der Waals surface area contributed by atoms with E-state index in [1.54, 1.807) is 24.3 Å². The second-order valence-electron chi connectivity index (χ2n) is 16.9. The third-order valence-corrected chi connectivity index (χ3v) is 11.3. The number of aromatic carboxylic acids is 2. The van der Waals surface area contributed by atoms with Crippen LogP contribution >= 0.6 is 0 Å². The van der Waals surface area contributed by atoms with Gasteiger partial charge in [-0.05, 0) is 118 Å². The van der Waals surface area contributed by atoms with E-state index in [0.717, 1.165) is 31.2 Å². The molecule has 0 aliphatic heterocycles. The number of carbonyl (C=O) groups excluding carboxylic acids is 2. The van der Waals surface area contributed by atoms with Crippen molar-refractivity contribution >= 4 is 23.5 Å². The van der Waals surface area contributed by atoms with Gasteiger partial charge in [0.1, 0.15) is 0 Å². The minimum atomic E-state index is -0.989.